The fourth-order valence-corrected chi connectivity index (χ4v) is 4.66. The molecule has 10 nitrogen and oxygen atoms in total. The largest absolute Gasteiger partial charge is 0.439 e. The fraction of sp³-hybridized carbons (Fsp3) is 0.364. The third-order valence-electron chi connectivity index (χ3n) is 5.49. The number of sulfonamides is 1. The first-order valence-electron chi connectivity index (χ1n) is 10.6. The van der Waals surface area contributed by atoms with E-state index >= 15 is 0 Å². The van der Waals surface area contributed by atoms with Gasteiger partial charge in [0.25, 0.3) is 0 Å². The summed E-state index contributed by atoms with van der Waals surface area (Å²) in [5.74, 6) is 1.22. The number of piperidine rings is 1. The summed E-state index contributed by atoms with van der Waals surface area (Å²) in [7, 11) is -3.21. The second-order valence-corrected chi connectivity index (χ2v) is 10.1. The quantitative estimate of drug-likeness (QED) is 0.588. The molecule has 0 aliphatic carbocycles. The highest BCUT2D eigenvalue weighted by Gasteiger charge is 2.28. The first-order chi connectivity index (χ1) is 15.7. The number of carbonyl (C=O) groups is 1. The minimum atomic E-state index is -3.21. The first-order valence-corrected chi connectivity index (χ1v) is 12.4. The number of hydrogen-bond acceptors (Lipinski definition) is 7. The molecule has 0 unspecified atom stereocenters. The van der Waals surface area contributed by atoms with E-state index in [1.807, 2.05) is 19.9 Å². The minimum Gasteiger partial charge on any atom is -0.439 e. The van der Waals surface area contributed by atoms with Crippen molar-refractivity contribution >= 4 is 21.6 Å². The number of amides is 1. The molecule has 1 fully saturated rings. The molecule has 1 N–H and O–H groups in total. The monoisotopic (exact) mass is 470 g/mol. The minimum absolute atomic E-state index is 0.109. The van der Waals surface area contributed by atoms with Crippen LogP contribution < -0.4 is 10.1 Å². The van der Waals surface area contributed by atoms with Crippen LogP contribution in [0.4, 0.5) is 5.69 Å². The normalized spacial score (nSPS) is 15.4. The summed E-state index contributed by atoms with van der Waals surface area (Å²) < 4.78 is 32.2. The topological polar surface area (TPSA) is 119 Å². The SMILES string of the molecule is Cc1cc(C)n(-c2cc(Oc3ccc(NC(=O)C4CCN(S(C)(=O)=O)CC4)cc3)ncn2)n1. The highest BCUT2D eigenvalue weighted by atomic mass is 32.2. The molecule has 1 saturated heterocycles. The second-order valence-electron chi connectivity index (χ2n) is 8.11. The Labute approximate surface area is 192 Å². The standard InChI is InChI=1S/C22H26N6O4S/c1-15-12-16(2)28(26-15)20-13-21(24-14-23-20)32-19-6-4-18(5-7-19)25-22(29)17-8-10-27(11-9-17)33(3,30)31/h4-7,12-14,17H,8-11H2,1-3H3,(H,25,29). The first kappa shape index (κ1) is 22.9. The van der Waals surface area contributed by atoms with Gasteiger partial charge in [0.2, 0.25) is 21.8 Å². The molecule has 1 aliphatic heterocycles. The molecular formula is C22H26N6O4S. The van der Waals surface area contributed by atoms with E-state index < -0.39 is 10.0 Å². The molecule has 0 radical (unpaired) electrons. The molecule has 0 saturated carbocycles. The molecule has 0 atom stereocenters. The van der Waals surface area contributed by atoms with Crippen LogP contribution in [-0.2, 0) is 14.8 Å². The predicted octanol–water partition coefficient (Wildman–Crippen LogP) is 2.68. The van der Waals surface area contributed by atoms with Crippen LogP contribution in [0.15, 0.2) is 42.7 Å². The molecule has 3 aromatic rings. The van der Waals surface area contributed by atoms with E-state index in [4.69, 9.17) is 4.74 Å². The van der Waals surface area contributed by atoms with Crippen molar-refractivity contribution in [3.8, 4) is 17.4 Å². The lowest BCUT2D eigenvalue weighted by molar-refractivity contribution is -0.120. The van der Waals surface area contributed by atoms with Crippen LogP contribution in [0.5, 0.6) is 11.6 Å². The molecule has 1 aromatic carbocycles. The van der Waals surface area contributed by atoms with Crippen molar-refractivity contribution in [2.75, 3.05) is 24.7 Å². The van der Waals surface area contributed by atoms with Crippen LogP contribution in [-0.4, -0.2) is 57.7 Å². The Kier molecular flexibility index (Phi) is 6.43. The van der Waals surface area contributed by atoms with Crippen molar-refractivity contribution in [3.63, 3.8) is 0 Å². The number of rotatable bonds is 6. The summed E-state index contributed by atoms with van der Waals surface area (Å²) in [6.45, 7) is 4.59. The van der Waals surface area contributed by atoms with Crippen LogP contribution in [0.1, 0.15) is 24.2 Å². The lowest BCUT2D eigenvalue weighted by Crippen LogP contribution is -2.40. The van der Waals surface area contributed by atoms with Gasteiger partial charge in [0, 0.05) is 36.5 Å². The Balaban J connectivity index is 1.36. The van der Waals surface area contributed by atoms with Gasteiger partial charge in [-0.2, -0.15) is 5.10 Å². The van der Waals surface area contributed by atoms with Crippen LogP contribution in [0.25, 0.3) is 5.82 Å². The van der Waals surface area contributed by atoms with Gasteiger partial charge in [0.15, 0.2) is 5.82 Å². The van der Waals surface area contributed by atoms with Crippen molar-refractivity contribution < 1.29 is 17.9 Å². The van der Waals surface area contributed by atoms with Crippen molar-refractivity contribution in [1.82, 2.24) is 24.1 Å². The molecule has 174 valence electrons. The van der Waals surface area contributed by atoms with Gasteiger partial charge in [-0.05, 0) is 57.0 Å². The number of nitrogens with zero attached hydrogens (tertiary/aromatic N) is 5. The second kappa shape index (κ2) is 9.28. The number of benzene rings is 1. The smallest absolute Gasteiger partial charge is 0.227 e. The van der Waals surface area contributed by atoms with E-state index in [2.05, 4.69) is 20.4 Å². The van der Waals surface area contributed by atoms with Gasteiger partial charge in [-0.25, -0.2) is 27.4 Å². The van der Waals surface area contributed by atoms with Crippen molar-refractivity contribution in [2.24, 2.45) is 5.92 Å². The number of hydrogen-bond donors (Lipinski definition) is 1. The van der Waals surface area contributed by atoms with E-state index in [1.165, 1.54) is 16.9 Å². The van der Waals surface area contributed by atoms with Crippen LogP contribution in [0.2, 0.25) is 0 Å². The Hall–Kier alpha value is -3.31. The van der Waals surface area contributed by atoms with E-state index in [-0.39, 0.29) is 11.8 Å². The van der Waals surface area contributed by atoms with Gasteiger partial charge in [-0.3, -0.25) is 4.79 Å². The summed E-state index contributed by atoms with van der Waals surface area (Å²) in [5, 5.41) is 7.32. The van der Waals surface area contributed by atoms with Gasteiger partial charge in [-0.15, -0.1) is 0 Å². The average molecular weight is 471 g/mol. The molecule has 3 heterocycles. The molecule has 4 rings (SSSR count). The summed E-state index contributed by atoms with van der Waals surface area (Å²) in [5.41, 5.74) is 2.50. The Morgan fingerprint density at radius 2 is 1.79 bits per heavy atom. The maximum Gasteiger partial charge on any atom is 0.227 e. The molecule has 1 aliphatic rings. The Morgan fingerprint density at radius 3 is 2.39 bits per heavy atom. The molecule has 1 amide bonds. The fourth-order valence-electron chi connectivity index (χ4n) is 3.78. The van der Waals surface area contributed by atoms with Crippen molar-refractivity contribution in [2.45, 2.75) is 26.7 Å². The zero-order valence-corrected chi connectivity index (χ0v) is 19.5. The van der Waals surface area contributed by atoms with Crippen molar-refractivity contribution in [3.05, 3.63) is 54.1 Å². The van der Waals surface area contributed by atoms with Crippen LogP contribution in [0.3, 0.4) is 0 Å². The summed E-state index contributed by atoms with van der Waals surface area (Å²) in [6.07, 6.45) is 3.63. The third kappa shape index (κ3) is 5.55. The van der Waals surface area contributed by atoms with E-state index in [0.717, 1.165) is 11.4 Å². The third-order valence-corrected chi connectivity index (χ3v) is 6.80. The summed E-state index contributed by atoms with van der Waals surface area (Å²) >= 11 is 0. The van der Waals surface area contributed by atoms with E-state index in [1.54, 1.807) is 35.0 Å². The molecule has 33 heavy (non-hydrogen) atoms. The zero-order chi connectivity index (χ0) is 23.6. The van der Waals surface area contributed by atoms with Crippen LogP contribution >= 0.6 is 0 Å². The number of nitrogens with one attached hydrogen (secondary N) is 1. The average Bonchev–Trinajstić information content (AvgIpc) is 3.13. The van der Waals surface area contributed by atoms with Gasteiger partial charge in [0.1, 0.15) is 12.1 Å². The highest BCUT2D eigenvalue weighted by molar-refractivity contribution is 7.88. The number of ether oxygens (including phenoxy) is 1. The van der Waals surface area contributed by atoms with Crippen LogP contribution in [0, 0.1) is 19.8 Å². The Morgan fingerprint density at radius 1 is 1.09 bits per heavy atom. The van der Waals surface area contributed by atoms with Gasteiger partial charge in [0.05, 0.1) is 11.9 Å². The number of aromatic nitrogens is 4. The predicted molar refractivity (Wildman–Crippen MR) is 123 cm³/mol. The lowest BCUT2D eigenvalue weighted by atomic mass is 9.97. The zero-order valence-electron chi connectivity index (χ0n) is 18.7. The molecule has 2 aromatic heterocycles. The molecule has 11 heteroatoms. The van der Waals surface area contributed by atoms with E-state index in [0.29, 0.717) is 49.1 Å². The molecular weight excluding hydrogens is 444 g/mol. The highest BCUT2D eigenvalue weighted by Crippen LogP contribution is 2.25. The summed E-state index contributed by atoms with van der Waals surface area (Å²) in [6, 6.07) is 10.7. The van der Waals surface area contributed by atoms with Gasteiger partial charge < -0.3 is 10.1 Å². The number of anilines is 1. The maximum absolute atomic E-state index is 12.6. The number of aryl methyl sites for hydroxylation is 2. The van der Waals surface area contributed by atoms with Crippen molar-refractivity contribution in [1.29, 1.82) is 0 Å². The maximum atomic E-state index is 12.6. The molecule has 0 spiro atoms. The van der Waals surface area contributed by atoms with E-state index in [9.17, 15) is 13.2 Å². The number of carbonyl (C=O) groups excluding carboxylic acids is 1. The lowest BCUT2D eigenvalue weighted by Gasteiger charge is -2.29. The van der Waals surface area contributed by atoms with Gasteiger partial charge in [-0.1, -0.05) is 0 Å². The Bertz CT molecular complexity index is 1250. The molecule has 0 bridgehead atoms. The summed E-state index contributed by atoms with van der Waals surface area (Å²) in [4.78, 5) is 21.0. The van der Waals surface area contributed by atoms with Gasteiger partial charge >= 0.3 is 0 Å².